The fraction of sp³-hybridized carbons (Fsp3) is 0.455. The van der Waals surface area contributed by atoms with Crippen LogP contribution >= 0.6 is 47.8 Å². The maximum atomic E-state index is 5.76. The molecule has 1 heterocycles. The summed E-state index contributed by atoms with van der Waals surface area (Å²) >= 11 is 10.5. The number of hydrogen-bond acceptors (Lipinski definition) is 2. The van der Waals surface area contributed by atoms with Gasteiger partial charge in [-0.25, -0.2) is 0 Å². The molecule has 2 nitrogen and oxygen atoms in total. The summed E-state index contributed by atoms with van der Waals surface area (Å²) in [5.41, 5.74) is 1.03. The van der Waals surface area contributed by atoms with Crippen molar-refractivity contribution in [1.82, 2.24) is 0 Å². The van der Waals surface area contributed by atoms with Gasteiger partial charge in [0.05, 0.1) is 11.1 Å². The predicted octanol–water partition coefficient (Wildman–Crippen LogP) is 4.45. The van der Waals surface area contributed by atoms with Gasteiger partial charge in [0.15, 0.2) is 0 Å². The third-order valence-corrected chi connectivity index (χ3v) is 5.68. The molecular weight excluding hydrogens is 404 g/mol. The quantitative estimate of drug-likeness (QED) is 0.538. The molecule has 0 spiro atoms. The van der Waals surface area contributed by atoms with Crippen molar-refractivity contribution in [1.29, 1.82) is 0 Å². The average Bonchev–Trinajstić information content (AvgIpc) is 2.98. The van der Waals surface area contributed by atoms with E-state index in [-0.39, 0.29) is 5.60 Å². The van der Waals surface area contributed by atoms with E-state index in [9.17, 15) is 0 Å². The van der Waals surface area contributed by atoms with Crippen molar-refractivity contribution in [2.75, 3.05) is 13.2 Å². The van der Waals surface area contributed by atoms with Crippen molar-refractivity contribution in [3.8, 4) is 5.75 Å². The van der Waals surface area contributed by atoms with E-state index in [1.54, 1.807) is 0 Å². The molecule has 1 unspecified atom stereocenters. The van der Waals surface area contributed by atoms with E-state index in [0.717, 1.165) is 31.3 Å². The molecule has 5 heteroatoms. The Labute approximate surface area is 120 Å². The van der Waals surface area contributed by atoms with Gasteiger partial charge in [0.25, 0.3) is 0 Å². The number of hydrogen-bond donors (Lipinski definition) is 0. The molecule has 1 aliphatic heterocycles. The summed E-state index contributed by atoms with van der Waals surface area (Å²) in [5.74, 6) is 0.837. The topological polar surface area (TPSA) is 21.8 Å². The van der Waals surface area contributed by atoms with Gasteiger partial charge in [-0.15, -0.1) is 0 Å². The van der Waals surface area contributed by atoms with Crippen LogP contribution in [-0.4, -0.2) is 18.8 Å². The molecule has 1 fully saturated rings. The Kier molecular flexibility index (Phi) is 3.69. The Morgan fingerprint density at radius 2 is 2.00 bits per heavy atom. The molecule has 0 aliphatic carbocycles. The number of rotatable bonds is 3. The second-order valence-corrected chi connectivity index (χ2v) is 6.58. The Balaban J connectivity index is 2.20. The highest BCUT2D eigenvalue weighted by molar-refractivity contribution is 9.13. The fourth-order valence-corrected chi connectivity index (χ4v) is 2.76. The van der Waals surface area contributed by atoms with Crippen LogP contribution in [0.3, 0.4) is 0 Å². The smallest absolute Gasteiger partial charge is 0.135 e. The van der Waals surface area contributed by atoms with E-state index < -0.39 is 0 Å². The lowest BCUT2D eigenvalue weighted by Gasteiger charge is -2.14. The van der Waals surface area contributed by atoms with Crippen LogP contribution in [0.15, 0.2) is 19.5 Å². The summed E-state index contributed by atoms with van der Waals surface area (Å²) in [6.07, 6.45) is 0. The highest BCUT2D eigenvalue weighted by atomic mass is 79.9. The van der Waals surface area contributed by atoms with Crippen LogP contribution in [0.2, 0.25) is 0 Å². The number of halogens is 3. The van der Waals surface area contributed by atoms with Gasteiger partial charge in [0.2, 0.25) is 0 Å². The molecule has 0 aromatic heterocycles. The maximum absolute atomic E-state index is 5.76. The molecule has 0 N–H and O–H groups in total. The average molecular weight is 415 g/mol. The van der Waals surface area contributed by atoms with Gasteiger partial charge in [-0.05, 0) is 73.3 Å². The molecule has 16 heavy (non-hydrogen) atoms. The van der Waals surface area contributed by atoms with E-state index in [1.807, 2.05) is 19.9 Å². The van der Waals surface area contributed by atoms with Crippen LogP contribution in [0, 0.1) is 6.92 Å². The van der Waals surface area contributed by atoms with E-state index in [0.29, 0.717) is 6.61 Å². The Morgan fingerprint density at radius 1 is 1.38 bits per heavy atom. The second kappa shape index (κ2) is 4.59. The molecule has 0 bridgehead atoms. The minimum atomic E-state index is -0.0904. The van der Waals surface area contributed by atoms with Crippen molar-refractivity contribution < 1.29 is 9.47 Å². The molecule has 0 radical (unpaired) electrons. The minimum Gasteiger partial charge on any atom is -0.489 e. The van der Waals surface area contributed by atoms with E-state index in [4.69, 9.17) is 9.47 Å². The SMILES string of the molecule is Cc1c(Br)c(Br)cc(OCC2(C)CO2)c1Br. The van der Waals surface area contributed by atoms with E-state index >= 15 is 0 Å². The van der Waals surface area contributed by atoms with Crippen LogP contribution in [-0.2, 0) is 4.74 Å². The van der Waals surface area contributed by atoms with Crippen LogP contribution in [0.4, 0.5) is 0 Å². The largest absolute Gasteiger partial charge is 0.489 e. The van der Waals surface area contributed by atoms with Gasteiger partial charge in [-0.2, -0.15) is 0 Å². The summed E-state index contributed by atoms with van der Waals surface area (Å²) in [6.45, 7) is 5.43. The van der Waals surface area contributed by atoms with Crippen molar-refractivity contribution in [2.24, 2.45) is 0 Å². The molecule has 2 rings (SSSR count). The van der Waals surface area contributed by atoms with Crippen LogP contribution in [0.5, 0.6) is 5.75 Å². The van der Waals surface area contributed by atoms with Crippen LogP contribution in [0.25, 0.3) is 0 Å². The first-order chi connectivity index (χ1) is 7.43. The van der Waals surface area contributed by atoms with Crippen LogP contribution < -0.4 is 4.74 Å². The Bertz CT molecular complexity index is 428. The zero-order chi connectivity index (χ0) is 11.9. The molecule has 1 atom stereocenters. The minimum absolute atomic E-state index is 0.0904. The molecule has 1 aromatic carbocycles. The highest BCUT2D eigenvalue weighted by Gasteiger charge is 2.40. The molecule has 0 saturated carbocycles. The lowest BCUT2D eigenvalue weighted by Crippen LogP contribution is -2.17. The molecule has 1 saturated heterocycles. The zero-order valence-electron chi connectivity index (χ0n) is 8.94. The normalized spacial score (nSPS) is 23.3. The van der Waals surface area contributed by atoms with Gasteiger partial charge in [0, 0.05) is 8.95 Å². The van der Waals surface area contributed by atoms with Crippen molar-refractivity contribution >= 4 is 47.8 Å². The number of benzene rings is 1. The monoisotopic (exact) mass is 412 g/mol. The van der Waals surface area contributed by atoms with Gasteiger partial charge in [-0.3, -0.25) is 0 Å². The molecular formula is C11H11Br3O2. The maximum Gasteiger partial charge on any atom is 0.135 e. The fourth-order valence-electron chi connectivity index (χ4n) is 1.24. The highest BCUT2D eigenvalue weighted by Crippen LogP contribution is 2.39. The van der Waals surface area contributed by atoms with Gasteiger partial charge >= 0.3 is 0 Å². The molecule has 0 amide bonds. The van der Waals surface area contributed by atoms with E-state index in [1.165, 1.54) is 0 Å². The van der Waals surface area contributed by atoms with Crippen LogP contribution in [0.1, 0.15) is 12.5 Å². The molecule has 1 aromatic rings. The summed E-state index contributed by atoms with van der Waals surface area (Å²) in [4.78, 5) is 0. The summed E-state index contributed by atoms with van der Waals surface area (Å²) < 4.78 is 14.0. The first-order valence-corrected chi connectivity index (χ1v) is 7.22. The van der Waals surface area contributed by atoms with Crippen molar-refractivity contribution in [3.63, 3.8) is 0 Å². The number of epoxide rings is 1. The lowest BCUT2D eigenvalue weighted by atomic mass is 10.2. The zero-order valence-corrected chi connectivity index (χ0v) is 13.7. The van der Waals surface area contributed by atoms with Crippen molar-refractivity contribution in [3.05, 3.63) is 25.0 Å². The lowest BCUT2D eigenvalue weighted by molar-refractivity contribution is 0.201. The van der Waals surface area contributed by atoms with Gasteiger partial charge in [-0.1, -0.05) is 0 Å². The van der Waals surface area contributed by atoms with Crippen molar-refractivity contribution in [2.45, 2.75) is 19.4 Å². The third-order valence-electron chi connectivity index (χ3n) is 2.51. The predicted molar refractivity (Wildman–Crippen MR) is 74.1 cm³/mol. The van der Waals surface area contributed by atoms with E-state index in [2.05, 4.69) is 47.8 Å². The molecule has 1 aliphatic rings. The van der Waals surface area contributed by atoms with Gasteiger partial charge < -0.3 is 9.47 Å². The summed E-state index contributed by atoms with van der Waals surface area (Å²) in [5, 5.41) is 0. The first-order valence-electron chi connectivity index (χ1n) is 4.84. The Hall–Kier alpha value is 0.420. The van der Waals surface area contributed by atoms with Gasteiger partial charge in [0.1, 0.15) is 18.0 Å². The third kappa shape index (κ3) is 2.63. The summed E-state index contributed by atoms with van der Waals surface area (Å²) in [7, 11) is 0. The second-order valence-electron chi connectivity index (χ2n) is 4.14. The Morgan fingerprint density at radius 3 is 2.56 bits per heavy atom. The number of ether oxygens (including phenoxy) is 2. The standard InChI is InChI=1S/C11H11Br3O2/c1-6-9(13)7(12)3-8(10(6)14)15-4-11(2)5-16-11/h3H,4-5H2,1-2H3. The summed E-state index contributed by atoms with van der Waals surface area (Å²) in [6, 6.07) is 1.95. The first kappa shape index (κ1) is 12.9. The molecule has 88 valence electrons.